The Bertz CT molecular complexity index is 493. The van der Waals surface area contributed by atoms with Gasteiger partial charge in [0.2, 0.25) is 0 Å². The Morgan fingerprint density at radius 2 is 2.10 bits per heavy atom. The van der Waals surface area contributed by atoms with Gasteiger partial charge in [-0.05, 0) is 47.0 Å². The highest BCUT2D eigenvalue weighted by molar-refractivity contribution is 9.11. The second-order valence-corrected chi connectivity index (χ2v) is 5.89. The van der Waals surface area contributed by atoms with Gasteiger partial charge in [-0.2, -0.15) is 0 Å². The van der Waals surface area contributed by atoms with Gasteiger partial charge in [0, 0.05) is 22.7 Å². The first kappa shape index (κ1) is 17.1. The highest BCUT2D eigenvalue weighted by Gasteiger charge is 2.21. The van der Waals surface area contributed by atoms with Crippen LogP contribution in [0.3, 0.4) is 0 Å². The highest BCUT2D eigenvalue weighted by atomic mass is 79.9. The number of benzene rings is 1. The van der Waals surface area contributed by atoms with Crippen LogP contribution in [0.15, 0.2) is 27.1 Å². The molecule has 0 saturated carbocycles. The Morgan fingerprint density at radius 3 is 2.70 bits per heavy atom. The molecule has 0 aromatic heterocycles. The van der Waals surface area contributed by atoms with E-state index < -0.39 is 17.9 Å². The number of hydrogen-bond donors (Lipinski definition) is 2. The molecule has 0 spiro atoms. The highest BCUT2D eigenvalue weighted by Crippen LogP contribution is 2.21. The molecular weight excluding hydrogens is 394 g/mol. The molecule has 0 aliphatic heterocycles. The first-order chi connectivity index (χ1) is 9.45. The van der Waals surface area contributed by atoms with Crippen LogP contribution in [0.4, 0.5) is 0 Å². The summed E-state index contributed by atoms with van der Waals surface area (Å²) in [7, 11) is 1.55. The van der Waals surface area contributed by atoms with Gasteiger partial charge in [0.05, 0.1) is 5.56 Å². The average Bonchev–Trinajstić information content (AvgIpc) is 2.40. The van der Waals surface area contributed by atoms with Crippen molar-refractivity contribution in [1.82, 2.24) is 5.32 Å². The second-order valence-electron chi connectivity index (χ2n) is 4.12. The fraction of sp³-hybridized carbons (Fsp3) is 0.385. The first-order valence-corrected chi connectivity index (χ1v) is 7.52. The lowest BCUT2D eigenvalue weighted by molar-refractivity contribution is -0.139. The number of carboxylic acids is 1. The number of hydrogen-bond acceptors (Lipinski definition) is 3. The molecule has 0 radical (unpaired) electrons. The van der Waals surface area contributed by atoms with Crippen LogP contribution in [0.2, 0.25) is 0 Å². The van der Waals surface area contributed by atoms with E-state index in [-0.39, 0.29) is 0 Å². The maximum Gasteiger partial charge on any atom is 0.326 e. The van der Waals surface area contributed by atoms with Crippen LogP contribution < -0.4 is 5.32 Å². The zero-order valence-corrected chi connectivity index (χ0v) is 14.0. The minimum absolute atomic E-state index is 0.320. The Labute approximate surface area is 134 Å². The molecule has 1 unspecified atom stereocenters. The molecule has 0 aliphatic carbocycles. The lowest BCUT2D eigenvalue weighted by Gasteiger charge is -2.15. The Balaban J connectivity index is 2.75. The van der Waals surface area contributed by atoms with Gasteiger partial charge in [-0.1, -0.05) is 15.9 Å². The maximum atomic E-state index is 12.1. The summed E-state index contributed by atoms with van der Waals surface area (Å²) in [6.45, 7) is 0.459. The van der Waals surface area contributed by atoms with Crippen molar-refractivity contribution in [1.29, 1.82) is 0 Å². The van der Waals surface area contributed by atoms with E-state index >= 15 is 0 Å². The third-order valence-corrected chi connectivity index (χ3v) is 3.80. The number of rotatable bonds is 7. The summed E-state index contributed by atoms with van der Waals surface area (Å²) >= 11 is 6.55. The molecule has 110 valence electrons. The van der Waals surface area contributed by atoms with Gasteiger partial charge in [0.1, 0.15) is 6.04 Å². The molecule has 0 heterocycles. The zero-order valence-electron chi connectivity index (χ0n) is 10.9. The van der Waals surface area contributed by atoms with Crippen LogP contribution in [-0.2, 0) is 9.53 Å². The van der Waals surface area contributed by atoms with Gasteiger partial charge >= 0.3 is 5.97 Å². The van der Waals surface area contributed by atoms with E-state index in [9.17, 15) is 9.59 Å². The lowest BCUT2D eigenvalue weighted by atomic mass is 10.1. The number of aliphatic carboxylic acids is 1. The normalized spacial score (nSPS) is 11.9. The van der Waals surface area contributed by atoms with Crippen molar-refractivity contribution < 1.29 is 19.4 Å². The fourth-order valence-corrected chi connectivity index (χ4v) is 2.38. The van der Waals surface area contributed by atoms with Crippen molar-refractivity contribution in [2.45, 2.75) is 18.9 Å². The fourth-order valence-electron chi connectivity index (χ4n) is 1.60. The molecule has 0 bridgehead atoms. The molecule has 2 N–H and O–H groups in total. The van der Waals surface area contributed by atoms with Crippen LogP contribution in [0.25, 0.3) is 0 Å². The number of nitrogens with one attached hydrogen (secondary N) is 1. The molecule has 1 aromatic rings. The van der Waals surface area contributed by atoms with Crippen LogP contribution in [0, 0.1) is 0 Å². The third-order valence-electron chi connectivity index (χ3n) is 2.62. The summed E-state index contributed by atoms with van der Waals surface area (Å²) < 4.78 is 6.23. The third kappa shape index (κ3) is 5.22. The molecule has 5 nitrogen and oxygen atoms in total. The molecule has 1 amide bonds. The van der Waals surface area contributed by atoms with Crippen LogP contribution >= 0.6 is 31.9 Å². The van der Waals surface area contributed by atoms with Crippen molar-refractivity contribution in [3.05, 3.63) is 32.7 Å². The van der Waals surface area contributed by atoms with E-state index in [1.165, 1.54) is 0 Å². The van der Waals surface area contributed by atoms with Gasteiger partial charge in [-0.25, -0.2) is 4.79 Å². The Kier molecular flexibility index (Phi) is 7.18. The summed E-state index contributed by atoms with van der Waals surface area (Å²) in [6, 6.07) is 4.21. The quantitative estimate of drug-likeness (QED) is 0.680. The van der Waals surface area contributed by atoms with Gasteiger partial charge in [-0.15, -0.1) is 0 Å². The number of halogens is 2. The van der Waals surface area contributed by atoms with Crippen molar-refractivity contribution in [2.24, 2.45) is 0 Å². The minimum Gasteiger partial charge on any atom is -0.480 e. The average molecular weight is 409 g/mol. The number of carboxylic acid groups (broad SMARTS) is 1. The molecule has 0 saturated heterocycles. The second kappa shape index (κ2) is 8.39. The van der Waals surface area contributed by atoms with Gasteiger partial charge in [0.25, 0.3) is 5.91 Å². The van der Waals surface area contributed by atoms with E-state index in [0.717, 1.165) is 4.47 Å². The van der Waals surface area contributed by atoms with E-state index in [1.807, 2.05) is 0 Å². The summed E-state index contributed by atoms with van der Waals surface area (Å²) in [4.78, 5) is 23.2. The van der Waals surface area contributed by atoms with Crippen molar-refractivity contribution >= 4 is 43.7 Å². The van der Waals surface area contributed by atoms with Crippen LogP contribution in [0.1, 0.15) is 23.2 Å². The van der Waals surface area contributed by atoms with Crippen molar-refractivity contribution in [3.63, 3.8) is 0 Å². The number of carbonyl (C=O) groups is 2. The van der Waals surface area contributed by atoms with E-state index in [2.05, 4.69) is 37.2 Å². The molecular formula is C13H15Br2NO4. The predicted octanol–water partition coefficient (Wildman–Crippen LogP) is 2.82. The Morgan fingerprint density at radius 1 is 1.40 bits per heavy atom. The first-order valence-electron chi connectivity index (χ1n) is 5.93. The predicted molar refractivity (Wildman–Crippen MR) is 81.8 cm³/mol. The SMILES string of the molecule is COCCCC(NC(=O)c1cc(Br)ccc1Br)C(=O)O. The minimum atomic E-state index is -1.06. The van der Waals surface area contributed by atoms with Crippen LogP contribution in [0.5, 0.6) is 0 Å². The molecule has 1 atom stereocenters. The number of methoxy groups -OCH3 is 1. The molecule has 0 aliphatic rings. The molecule has 0 fully saturated rings. The monoisotopic (exact) mass is 407 g/mol. The van der Waals surface area contributed by atoms with Crippen molar-refractivity contribution in [3.8, 4) is 0 Å². The van der Waals surface area contributed by atoms with Crippen LogP contribution in [-0.4, -0.2) is 36.7 Å². The maximum absolute atomic E-state index is 12.1. The zero-order chi connectivity index (χ0) is 15.1. The van der Waals surface area contributed by atoms with Gasteiger partial charge < -0.3 is 15.2 Å². The smallest absolute Gasteiger partial charge is 0.326 e. The number of amides is 1. The topological polar surface area (TPSA) is 75.6 Å². The van der Waals surface area contributed by atoms with Crippen molar-refractivity contribution in [2.75, 3.05) is 13.7 Å². The molecule has 20 heavy (non-hydrogen) atoms. The summed E-state index contributed by atoms with van der Waals surface area (Å²) in [6.07, 6.45) is 0.883. The molecule has 7 heteroatoms. The van der Waals surface area contributed by atoms with E-state index in [1.54, 1.807) is 25.3 Å². The van der Waals surface area contributed by atoms with Gasteiger partial charge in [0.15, 0.2) is 0 Å². The summed E-state index contributed by atoms with van der Waals surface area (Å²) in [5, 5.41) is 11.6. The standard InChI is InChI=1S/C13H15Br2NO4/c1-20-6-2-3-11(13(18)19)16-12(17)9-7-8(14)4-5-10(9)15/h4-5,7,11H,2-3,6H2,1H3,(H,16,17)(H,18,19). The largest absolute Gasteiger partial charge is 0.480 e. The summed E-state index contributed by atoms with van der Waals surface area (Å²) in [5.41, 5.74) is 0.386. The Hall–Kier alpha value is -0.920. The lowest BCUT2D eigenvalue weighted by Crippen LogP contribution is -2.41. The number of ether oxygens (including phenoxy) is 1. The summed E-state index contributed by atoms with van der Waals surface area (Å²) in [5.74, 6) is -1.48. The van der Waals surface area contributed by atoms with E-state index in [4.69, 9.17) is 9.84 Å². The molecule has 1 rings (SSSR count). The van der Waals surface area contributed by atoms with E-state index in [0.29, 0.717) is 29.5 Å². The molecule has 1 aromatic carbocycles. The van der Waals surface area contributed by atoms with Gasteiger partial charge in [-0.3, -0.25) is 4.79 Å². The number of carbonyl (C=O) groups excluding carboxylic acids is 1.